The monoisotopic (exact) mass is 494 g/mol. The number of halogens is 4. The van der Waals surface area contributed by atoms with Crippen LogP contribution in [0.5, 0.6) is 17.2 Å². The van der Waals surface area contributed by atoms with Gasteiger partial charge in [0, 0.05) is 0 Å². The normalized spacial score (nSPS) is 11.9. The van der Waals surface area contributed by atoms with E-state index in [1.165, 1.54) is 6.07 Å². The Bertz CT molecular complexity index is 1370. The Balaban J connectivity index is 1.36. The molecule has 1 unspecified atom stereocenters. The molecular weight excluding hydrogens is 476 g/mol. The molecule has 36 heavy (non-hydrogen) atoms. The molecule has 0 bridgehead atoms. The predicted octanol–water partition coefficient (Wildman–Crippen LogP) is 6.63. The van der Waals surface area contributed by atoms with Gasteiger partial charge in [-0.05, 0) is 70.8 Å². The van der Waals surface area contributed by atoms with Crippen molar-refractivity contribution in [3.8, 4) is 45.6 Å². The molecule has 4 rings (SSSR count). The molecule has 0 spiro atoms. The summed E-state index contributed by atoms with van der Waals surface area (Å²) in [5, 5.41) is 8.90. The Morgan fingerprint density at radius 1 is 0.694 bits per heavy atom. The predicted molar refractivity (Wildman–Crippen MR) is 124 cm³/mol. The van der Waals surface area contributed by atoms with Crippen molar-refractivity contribution in [2.24, 2.45) is 5.73 Å². The van der Waals surface area contributed by atoms with Crippen LogP contribution in [-0.2, 0) is 0 Å². The molecule has 4 aromatic rings. The smallest absolute Gasteiger partial charge is 0.442 e. The molecule has 0 saturated heterocycles. The van der Waals surface area contributed by atoms with Crippen molar-refractivity contribution in [2.75, 3.05) is 0 Å². The molecule has 0 saturated carbocycles. The van der Waals surface area contributed by atoms with Gasteiger partial charge < -0.3 is 14.2 Å². The van der Waals surface area contributed by atoms with Gasteiger partial charge in [-0.1, -0.05) is 42.5 Å². The van der Waals surface area contributed by atoms with E-state index in [0.717, 1.165) is 23.3 Å². The number of alkyl halides is 3. The van der Waals surface area contributed by atoms with Crippen LogP contribution in [0.15, 0.2) is 91.0 Å². The maximum Gasteiger partial charge on any atom is 0.573 e. The molecule has 9 heteroatoms. The molecule has 0 fully saturated rings. The molecule has 0 aromatic heterocycles. The van der Waals surface area contributed by atoms with Crippen molar-refractivity contribution < 1.29 is 31.8 Å². The van der Waals surface area contributed by atoms with Gasteiger partial charge in [0.2, 0.25) is 0 Å². The summed E-state index contributed by atoms with van der Waals surface area (Å²) < 4.78 is 65.7. The zero-order valence-electron chi connectivity index (χ0n) is 18.5. The molecular formula is C27H18F4N2O3. The van der Waals surface area contributed by atoms with E-state index in [0.29, 0.717) is 28.2 Å². The van der Waals surface area contributed by atoms with E-state index < -0.39 is 24.3 Å². The van der Waals surface area contributed by atoms with Crippen LogP contribution in [0.1, 0.15) is 5.56 Å². The molecule has 5 nitrogen and oxygen atoms in total. The number of rotatable bonds is 7. The average molecular weight is 494 g/mol. The Morgan fingerprint density at radius 3 is 1.58 bits per heavy atom. The van der Waals surface area contributed by atoms with Gasteiger partial charge in [0.05, 0.1) is 11.6 Å². The highest BCUT2D eigenvalue weighted by atomic mass is 19.4. The van der Waals surface area contributed by atoms with E-state index in [4.69, 9.17) is 20.5 Å². The van der Waals surface area contributed by atoms with Crippen molar-refractivity contribution in [3.63, 3.8) is 0 Å². The van der Waals surface area contributed by atoms with Crippen molar-refractivity contribution in [2.45, 2.75) is 12.8 Å². The first-order chi connectivity index (χ1) is 17.2. The van der Waals surface area contributed by atoms with E-state index in [-0.39, 0.29) is 0 Å². The Kier molecular flexibility index (Phi) is 7.08. The minimum absolute atomic E-state index is 0.358. The highest BCUT2D eigenvalue weighted by Crippen LogP contribution is 2.30. The van der Waals surface area contributed by atoms with E-state index in [2.05, 4.69) is 10.8 Å². The van der Waals surface area contributed by atoms with E-state index in [1.54, 1.807) is 48.5 Å². The molecule has 0 aliphatic heterocycles. The molecule has 182 valence electrons. The summed E-state index contributed by atoms with van der Waals surface area (Å²) in [6.07, 6.45) is -6.09. The molecule has 0 heterocycles. The van der Waals surface area contributed by atoms with Crippen LogP contribution >= 0.6 is 0 Å². The van der Waals surface area contributed by atoms with Gasteiger partial charge >= 0.3 is 6.36 Å². The number of hydrogen-bond donors (Lipinski definition) is 1. The van der Waals surface area contributed by atoms with Crippen LogP contribution in [0.4, 0.5) is 17.6 Å². The lowest BCUT2D eigenvalue weighted by Gasteiger charge is -2.17. The summed E-state index contributed by atoms with van der Waals surface area (Å²) in [5.74, 6) is -1.18. The minimum atomic E-state index is -4.98. The summed E-state index contributed by atoms with van der Waals surface area (Å²) in [6, 6.07) is 26.0. The summed E-state index contributed by atoms with van der Waals surface area (Å²) in [4.78, 5) is 0. The molecule has 1 atom stereocenters. The molecule has 2 N–H and O–H groups in total. The van der Waals surface area contributed by atoms with E-state index in [1.807, 2.05) is 24.3 Å². The van der Waals surface area contributed by atoms with Crippen molar-refractivity contribution in [1.29, 1.82) is 5.26 Å². The third-order valence-corrected chi connectivity index (χ3v) is 5.05. The SMILES string of the molecule is N#Cc1ccc(-c2ccc(OC(N)Oc3ccc(-c4ccc(OC(F)(F)F)c(F)c4)cc3)cc2)cc1. The van der Waals surface area contributed by atoms with Gasteiger partial charge in [-0.3, -0.25) is 5.73 Å². The lowest BCUT2D eigenvalue weighted by molar-refractivity contribution is -0.275. The second kappa shape index (κ2) is 10.4. The van der Waals surface area contributed by atoms with E-state index >= 15 is 0 Å². The molecule has 4 aromatic carbocycles. The summed E-state index contributed by atoms with van der Waals surface area (Å²) in [7, 11) is 0. The topological polar surface area (TPSA) is 77.5 Å². The third kappa shape index (κ3) is 6.31. The van der Waals surface area contributed by atoms with Gasteiger partial charge in [0.1, 0.15) is 11.5 Å². The van der Waals surface area contributed by atoms with Gasteiger partial charge in [0.15, 0.2) is 11.6 Å². The summed E-state index contributed by atoms with van der Waals surface area (Å²) >= 11 is 0. The number of benzene rings is 4. The van der Waals surface area contributed by atoms with Crippen LogP contribution in [-0.4, -0.2) is 12.8 Å². The van der Waals surface area contributed by atoms with Gasteiger partial charge in [-0.2, -0.15) is 5.26 Å². The number of hydrogen-bond acceptors (Lipinski definition) is 5. The molecule has 0 aliphatic rings. The maximum absolute atomic E-state index is 14.0. The number of nitriles is 1. The first kappa shape index (κ1) is 24.6. The molecule has 0 radical (unpaired) electrons. The second-order valence-electron chi connectivity index (χ2n) is 7.54. The first-order valence-electron chi connectivity index (χ1n) is 10.6. The standard InChI is InChI=1S/C27H18F4N2O3/c28-24-15-21(9-14-25(24)36-27(29,30)31)20-7-12-23(13-8-20)35-26(33)34-22-10-5-19(6-11-22)18-3-1-17(16-32)2-4-18/h1-15,26H,33H2. The van der Waals surface area contributed by atoms with Crippen molar-refractivity contribution in [1.82, 2.24) is 0 Å². The fourth-order valence-electron chi connectivity index (χ4n) is 3.37. The number of nitrogens with zero attached hydrogens (tertiary/aromatic N) is 1. The zero-order valence-corrected chi connectivity index (χ0v) is 18.5. The van der Waals surface area contributed by atoms with Crippen molar-refractivity contribution >= 4 is 0 Å². The third-order valence-electron chi connectivity index (χ3n) is 5.05. The van der Waals surface area contributed by atoms with Crippen molar-refractivity contribution in [3.05, 3.63) is 102 Å². The fraction of sp³-hybridized carbons (Fsp3) is 0.0741. The zero-order chi connectivity index (χ0) is 25.7. The summed E-state index contributed by atoms with van der Waals surface area (Å²) in [5.41, 5.74) is 9.29. The highest BCUT2D eigenvalue weighted by molar-refractivity contribution is 5.66. The lowest BCUT2D eigenvalue weighted by Crippen LogP contribution is -2.33. The minimum Gasteiger partial charge on any atom is -0.442 e. The van der Waals surface area contributed by atoms with Gasteiger partial charge in [-0.15, -0.1) is 13.2 Å². The highest BCUT2D eigenvalue weighted by Gasteiger charge is 2.32. The molecule has 0 amide bonds. The van der Waals surface area contributed by atoms with Gasteiger partial charge in [0.25, 0.3) is 6.41 Å². The Hall–Kier alpha value is -4.55. The lowest BCUT2D eigenvalue weighted by atomic mass is 10.0. The molecule has 0 aliphatic carbocycles. The fourth-order valence-corrected chi connectivity index (χ4v) is 3.37. The quantitative estimate of drug-likeness (QED) is 0.231. The first-order valence-corrected chi connectivity index (χ1v) is 10.6. The van der Waals surface area contributed by atoms with Crippen LogP contribution in [0.3, 0.4) is 0 Å². The van der Waals surface area contributed by atoms with Crippen LogP contribution in [0.2, 0.25) is 0 Å². The number of nitrogens with two attached hydrogens (primary N) is 1. The second-order valence-corrected chi connectivity index (χ2v) is 7.54. The Morgan fingerprint density at radius 2 is 1.14 bits per heavy atom. The largest absolute Gasteiger partial charge is 0.573 e. The van der Waals surface area contributed by atoms with Crippen LogP contribution in [0.25, 0.3) is 22.3 Å². The van der Waals surface area contributed by atoms with E-state index in [9.17, 15) is 17.6 Å². The average Bonchev–Trinajstić information content (AvgIpc) is 2.85. The van der Waals surface area contributed by atoms with Crippen LogP contribution in [0, 0.1) is 17.1 Å². The van der Waals surface area contributed by atoms with Gasteiger partial charge in [-0.25, -0.2) is 4.39 Å². The maximum atomic E-state index is 14.0. The Labute approximate surface area is 203 Å². The number of ether oxygens (including phenoxy) is 3. The van der Waals surface area contributed by atoms with Crippen LogP contribution < -0.4 is 19.9 Å². The summed E-state index contributed by atoms with van der Waals surface area (Å²) in [6.45, 7) is 0.